The number of hydrogen-bond acceptors (Lipinski definition) is 12. The van der Waals surface area contributed by atoms with Gasteiger partial charge < -0.3 is 25.8 Å². The first kappa shape index (κ1) is 50.9. The van der Waals surface area contributed by atoms with Gasteiger partial charge in [-0.15, -0.1) is 10.2 Å². The van der Waals surface area contributed by atoms with Crippen LogP contribution in [0, 0.1) is 15.7 Å². The van der Waals surface area contributed by atoms with E-state index in [0.29, 0.717) is 19.6 Å². The second kappa shape index (κ2) is 26.0. The standard InChI is InChI=1S/C35H37N5.C7H6O2.CH4O.ClHO4.Ni.H2O/c1-35(2,3)26-36-34-22-12-19-31(39-34)25-40(23-29-17-10-20-32(37-29)27-13-6-4-7-14-27)24-30-18-11-21-33(38-30)28-15-8-5-9-16-28;8-7(9)6-4-2-1-3-5-6;1-2;2-1(3,4)5;;/h4-22H,23-26H2,1-3H3,(H,36,39);1-5H,(H,8,9);2H,1H3;(H,2,3,4,5);;1H2/q;;;;+3;/p-1. The Bertz CT molecular complexity index is 1950. The Hall–Kier alpha value is -5.12. The van der Waals surface area contributed by atoms with Gasteiger partial charge in [-0.3, -0.25) is 14.9 Å². The molecule has 0 amide bonds. The third kappa shape index (κ3) is 20.3. The molecule has 0 saturated carbocycles. The number of nitrogens with zero attached hydrogens (tertiary/aromatic N) is 4. The van der Waals surface area contributed by atoms with Crippen LogP contribution in [0.1, 0.15) is 48.2 Å². The first-order valence-corrected chi connectivity index (χ1v) is 18.7. The molecule has 1 radical (unpaired) electrons. The van der Waals surface area contributed by atoms with Crippen molar-refractivity contribution in [2.45, 2.75) is 40.4 Å². The molecule has 6 rings (SSSR count). The van der Waals surface area contributed by atoms with Crippen LogP contribution in [0.4, 0.5) is 5.82 Å². The van der Waals surface area contributed by atoms with E-state index in [1.165, 1.54) is 12.1 Å². The van der Waals surface area contributed by atoms with Gasteiger partial charge in [0.05, 0.1) is 34.4 Å². The fraction of sp³-hybridized carbons (Fsp3) is 0.209. The zero-order chi connectivity index (χ0) is 41.0. The average molecular weight is 858 g/mol. The van der Waals surface area contributed by atoms with Crippen LogP contribution in [0.25, 0.3) is 22.5 Å². The van der Waals surface area contributed by atoms with E-state index in [-0.39, 0.29) is 32.9 Å². The van der Waals surface area contributed by atoms with E-state index < -0.39 is 16.2 Å². The molecular formula is C43H49ClN5NiO8+2. The molecule has 0 atom stereocenters. The quantitative estimate of drug-likeness (QED) is 0.140. The monoisotopic (exact) mass is 856 g/mol. The third-order valence-electron chi connectivity index (χ3n) is 7.53. The second-order valence-electron chi connectivity index (χ2n) is 13.4. The number of carbonyl (C=O) groups excluding carboxylic acids is 1. The molecule has 0 aliphatic rings. The van der Waals surface area contributed by atoms with Crippen LogP contribution in [0.3, 0.4) is 0 Å². The van der Waals surface area contributed by atoms with Crippen molar-refractivity contribution in [1.29, 1.82) is 0 Å². The third-order valence-corrected chi connectivity index (χ3v) is 7.53. The Morgan fingerprint density at radius 2 is 0.966 bits per heavy atom. The molecule has 3 heterocycles. The largest absolute Gasteiger partial charge is 3.00 e. The van der Waals surface area contributed by atoms with Crippen LogP contribution in [-0.4, -0.2) is 44.6 Å². The Balaban J connectivity index is 0.000000789. The second-order valence-corrected chi connectivity index (χ2v) is 14.1. The molecule has 0 unspecified atom stereocenters. The molecule has 0 bridgehead atoms. The molecule has 0 saturated heterocycles. The predicted octanol–water partition coefficient (Wildman–Crippen LogP) is 1.84. The molecule has 309 valence electrons. The number of hydrogen-bond donors (Lipinski definition) is 2. The number of aromatic nitrogens is 3. The zero-order valence-corrected chi connectivity index (χ0v) is 34.4. The molecule has 15 heteroatoms. The summed E-state index contributed by atoms with van der Waals surface area (Å²) < 4.78 is 34.0. The molecule has 3 aromatic heterocycles. The first-order valence-electron chi connectivity index (χ1n) is 17.5. The van der Waals surface area contributed by atoms with Gasteiger partial charge in [-0.25, -0.2) is 23.6 Å². The summed E-state index contributed by atoms with van der Waals surface area (Å²) in [7, 11) is -3.94. The molecule has 5 N–H and O–H groups in total. The first-order chi connectivity index (χ1) is 26.7. The van der Waals surface area contributed by atoms with Crippen LogP contribution in [-0.2, 0) is 41.6 Å². The minimum Gasteiger partial charge on any atom is -0.545 e. The summed E-state index contributed by atoms with van der Waals surface area (Å²) in [5.41, 5.74) is 7.64. The summed E-state index contributed by atoms with van der Waals surface area (Å²) in [5, 5.41) is 20.6. The topological polar surface area (TPSA) is 240 Å². The van der Waals surface area contributed by atoms with Gasteiger partial charge >= 0.3 is 16.5 Å². The van der Waals surface area contributed by atoms with Gasteiger partial charge in [0.25, 0.3) is 0 Å². The van der Waals surface area contributed by atoms with E-state index in [1.54, 1.807) is 18.2 Å². The van der Waals surface area contributed by atoms with Gasteiger partial charge in [0, 0.05) is 44.4 Å². The Kier molecular flexibility index (Phi) is 22.8. The van der Waals surface area contributed by atoms with Crippen LogP contribution in [0.2, 0.25) is 0 Å². The Morgan fingerprint density at radius 3 is 1.33 bits per heavy atom. The van der Waals surface area contributed by atoms with Crippen LogP contribution >= 0.6 is 0 Å². The average Bonchev–Trinajstić information content (AvgIpc) is 3.19. The molecule has 6 aromatic rings. The van der Waals surface area contributed by atoms with Crippen molar-refractivity contribution in [3.05, 3.63) is 168 Å². The fourth-order valence-electron chi connectivity index (χ4n) is 5.13. The molecule has 0 fully saturated rings. The maximum Gasteiger partial charge on any atom is 3.00 e. The number of rotatable bonds is 11. The van der Waals surface area contributed by atoms with E-state index in [4.69, 9.17) is 38.7 Å². The summed E-state index contributed by atoms with van der Waals surface area (Å²) in [6.07, 6.45) is 0. The number of carbonyl (C=O) groups is 1. The van der Waals surface area contributed by atoms with E-state index in [0.717, 1.165) is 59.1 Å². The summed E-state index contributed by atoms with van der Waals surface area (Å²) in [6, 6.07) is 47.4. The predicted molar refractivity (Wildman–Crippen MR) is 208 cm³/mol. The van der Waals surface area contributed by atoms with Crippen molar-refractivity contribution < 1.29 is 65.9 Å². The van der Waals surface area contributed by atoms with Crippen molar-refractivity contribution in [1.82, 2.24) is 19.9 Å². The van der Waals surface area contributed by atoms with E-state index in [1.807, 2.05) is 42.5 Å². The van der Waals surface area contributed by atoms with E-state index >= 15 is 0 Å². The number of aromatic carboxylic acids is 1. The van der Waals surface area contributed by atoms with Crippen molar-refractivity contribution >= 4 is 11.8 Å². The SMILES string of the molecule is CC(C)(C)CNc1cccc(CN(Cc2cccc(-c3ccccc3)n2)Cc2cccc(-c3ccccc3)n2)n1.CO.O=C([O-])c1ccccc1.[Ni+3].[O-][Cl+3]([O-])([O-])[O-].[OH3+]. The summed E-state index contributed by atoms with van der Waals surface area (Å²) in [5.74, 6) is -0.226. The number of nitrogens with one attached hydrogen (secondary N) is 1. The number of carboxylic acids is 1. The minimum absolute atomic E-state index is 0. The molecule has 3 aromatic carbocycles. The molecular weight excluding hydrogens is 809 g/mol. The Labute approximate surface area is 351 Å². The number of benzene rings is 3. The van der Waals surface area contributed by atoms with Crippen molar-refractivity contribution in [3.63, 3.8) is 0 Å². The minimum atomic E-state index is -4.94. The smallest absolute Gasteiger partial charge is 0.545 e. The van der Waals surface area contributed by atoms with Gasteiger partial charge in [0.15, 0.2) is 0 Å². The number of aliphatic hydroxyl groups is 1. The van der Waals surface area contributed by atoms with Crippen molar-refractivity contribution in [2.75, 3.05) is 19.0 Å². The number of carboxylic acid groups (broad SMARTS) is 1. The fourth-order valence-corrected chi connectivity index (χ4v) is 5.13. The number of pyridine rings is 3. The molecule has 0 aliphatic carbocycles. The molecule has 13 nitrogen and oxygen atoms in total. The number of aliphatic hydroxyl groups excluding tert-OH is 1. The van der Waals surface area contributed by atoms with Gasteiger partial charge in [-0.2, -0.15) is 0 Å². The van der Waals surface area contributed by atoms with Gasteiger partial charge in [0.1, 0.15) is 5.82 Å². The number of halogens is 1. The zero-order valence-electron chi connectivity index (χ0n) is 32.6. The molecule has 58 heavy (non-hydrogen) atoms. The van der Waals surface area contributed by atoms with Crippen molar-refractivity contribution in [2.24, 2.45) is 5.41 Å². The molecule has 0 spiro atoms. The maximum absolute atomic E-state index is 10.1. The van der Waals surface area contributed by atoms with Crippen molar-refractivity contribution in [3.8, 4) is 22.5 Å². The summed E-state index contributed by atoms with van der Waals surface area (Å²) in [4.78, 5) is 27.4. The summed E-state index contributed by atoms with van der Waals surface area (Å²) in [6.45, 7) is 9.56. The van der Waals surface area contributed by atoms with Gasteiger partial charge in [-0.05, 0) is 47.4 Å². The maximum atomic E-state index is 10.1. The van der Waals surface area contributed by atoms with Crippen LogP contribution < -0.4 is 29.1 Å². The molecule has 0 aliphatic heterocycles. The van der Waals surface area contributed by atoms with Gasteiger partial charge in [-0.1, -0.05) is 130 Å². The van der Waals surface area contributed by atoms with Gasteiger partial charge in [0.2, 0.25) is 0 Å². The number of anilines is 1. The van der Waals surface area contributed by atoms with E-state index in [9.17, 15) is 9.90 Å². The normalized spacial score (nSPS) is 10.4. The van der Waals surface area contributed by atoms with Crippen LogP contribution in [0.15, 0.2) is 146 Å². The summed E-state index contributed by atoms with van der Waals surface area (Å²) >= 11 is 0. The van der Waals surface area contributed by atoms with Crippen LogP contribution in [0.5, 0.6) is 0 Å². The van der Waals surface area contributed by atoms with E-state index in [2.05, 4.69) is 104 Å². The Morgan fingerprint density at radius 1 is 0.603 bits per heavy atom.